The Morgan fingerprint density at radius 2 is 1.88 bits per heavy atom. The third kappa shape index (κ3) is 3.47. The van der Waals surface area contributed by atoms with Gasteiger partial charge in [-0.15, -0.1) is 11.8 Å². The number of fused-ring (bicyclic) bond motifs is 1. The Bertz CT molecular complexity index is 777. The first-order valence-electron chi connectivity index (χ1n) is 8.34. The summed E-state index contributed by atoms with van der Waals surface area (Å²) >= 11 is 1.54. The number of carbonyl (C=O) groups is 1. The van der Waals surface area contributed by atoms with Crippen molar-refractivity contribution in [3.05, 3.63) is 48.0 Å². The van der Waals surface area contributed by atoms with Gasteiger partial charge in [0.05, 0.1) is 19.5 Å². The first-order chi connectivity index (χ1) is 12.0. The van der Waals surface area contributed by atoms with Crippen molar-refractivity contribution in [2.75, 3.05) is 19.1 Å². The van der Waals surface area contributed by atoms with Crippen LogP contribution in [0.15, 0.2) is 47.4 Å². The number of hydrogen-bond donors (Lipinski definition) is 0. The lowest BCUT2D eigenvalue weighted by Crippen LogP contribution is -2.40. The maximum absolute atomic E-state index is 13.0. The van der Waals surface area contributed by atoms with Gasteiger partial charge in [-0.1, -0.05) is 18.2 Å². The summed E-state index contributed by atoms with van der Waals surface area (Å²) < 4.78 is 10.6. The van der Waals surface area contributed by atoms with Crippen LogP contribution in [0, 0.1) is 0 Å². The Labute approximate surface area is 153 Å². The second-order valence-electron chi connectivity index (χ2n) is 6.17. The van der Waals surface area contributed by atoms with Crippen molar-refractivity contribution in [1.82, 2.24) is 0 Å². The maximum Gasteiger partial charge on any atom is 0.240 e. The predicted molar refractivity (Wildman–Crippen MR) is 102 cm³/mol. The molecule has 0 saturated carbocycles. The molecular formula is C20H23NO3S. The Morgan fingerprint density at radius 1 is 1.16 bits per heavy atom. The minimum absolute atomic E-state index is 0.136. The molecule has 4 nitrogen and oxygen atoms in total. The number of rotatable bonds is 5. The van der Waals surface area contributed by atoms with Crippen LogP contribution < -0.4 is 14.4 Å². The largest absolute Gasteiger partial charge is 0.493 e. The van der Waals surface area contributed by atoms with Crippen LogP contribution in [0.4, 0.5) is 5.69 Å². The van der Waals surface area contributed by atoms with Crippen LogP contribution in [0.2, 0.25) is 0 Å². The molecule has 1 heterocycles. The fraction of sp³-hybridized carbons (Fsp3) is 0.350. The lowest BCUT2D eigenvalue weighted by atomic mass is 10.1. The molecule has 0 aliphatic carbocycles. The van der Waals surface area contributed by atoms with Crippen LogP contribution in [0.25, 0.3) is 0 Å². The van der Waals surface area contributed by atoms with E-state index in [0.717, 1.165) is 17.0 Å². The summed E-state index contributed by atoms with van der Waals surface area (Å²) in [5.74, 6) is 1.50. The third-order valence-electron chi connectivity index (χ3n) is 4.46. The van der Waals surface area contributed by atoms with E-state index in [9.17, 15) is 4.79 Å². The molecule has 0 aromatic heterocycles. The molecule has 1 aliphatic rings. The predicted octanol–water partition coefficient (Wildman–Crippen LogP) is 4.16. The normalized spacial score (nSPS) is 17.1. The van der Waals surface area contributed by atoms with Crippen LogP contribution in [-0.2, 0) is 11.2 Å². The van der Waals surface area contributed by atoms with Crippen molar-refractivity contribution < 1.29 is 14.3 Å². The van der Waals surface area contributed by atoms with Gasteiger partial charge in [-0.25, -0.2) is 0 Å². The maximum atomic E-state index is 13.0. The van der Waals surface area contributed by atoms with Gasteiger partial charge in [0.15, 0.2) is 11.5 Å². The van der Waals surface area contributed by atoms with Crippen molar-refractivity contribution in [1.29, 1.82) is 0 Å². The van der Waals surface area contributed by atoms with Crippen molar-refractivity contribution in [3.63, 3.8) is 0 Å². The minimum atomic E-state index is -0.188. The highest BCUT2D eigenvalue weighted by Gasteiger charge is 2.33. The van der Waals surface area contributed by atoms with E-state index in [1.807, 2.05) is 48.2 Å². The summed E-state index contributed by atoms with van der Waals surface area (Å²) in [6.45, 7) is 4.06. The number of para-hydroxylation sites is 1. The van der Waals surface area contributed by atoms with Crippen molar-refractivity contribution in [3.8, 4) is 11.5 Å². The molecule has 0 saturated heterocycles. The quantitative estimate of drug-likeness (QED) is 0.753. The molecule has 1 amide bonds. The number of benzene rings is 2. The number of carbonyl (C=O) groups excluding carboxylic acids is 1. The van der Waals surface area contributed by atoms with Crippen molar-refractivity contribution in [2.24, 2.45) is 0 Å². The van der Waals surface area contributed by atoms with Gasteiger partial charge in [-0.2, -0.15) is 0 Å². The third-order valence-corrected chi connectivity index (χ3v) is 5.54. The monoisotopic (exact) mass is 357 g/mol. The molecule has 1 aliphatic heterocycles. The second kappa shape index (κ2) is 7.40. The summed E-state index contributed by atoms with van der Waals surface area (Å²) in [7, 11) is 3.23. The number of ether oxygens (including phenoxy) is 2. The Balaban J connectivity index is 1.77. The SMILES string of the molecule is COc1ccc(S[C@H](C)C(=O)N2c3ccccc3C[C@H]2C)cc1OC. The number of amides is 1. The molecule has 132 valence electrons. The number of thioether (sulfide) groups is 1. The zero-order chi connectivity index (χ0) is 18.0. The smallest absolute Gasteiger partial charge is 0.240 e. The molecule has 0 spiro atoms. The highest BCUT2D eigenvalue weighted by molar-refractivity contribution is 8.00. The van der Waals surface area contributed by atoms with Gasteiger partial charge >= 0.3 is 0 Å². The van der Waals surface area contributed by atoms with E-state index in [4.69, 9.17) is 9.47 Å². The van der Waals surface area contributed by atoms with Crippen LogP contribution >= 0.6 is 11.8 Å². The molecule has 0 fully saturated rings. The van der Waals surface area contributed by atoms with Crippen molar-refractivity contribution in [2.45, 2.75) is 36.5 Å². The highest BCUT2D eigenvalue weighted by Crippen LogP contribution is 2.37. The van der Waals surface area contributed by atoms with Gasteiger partial charge in [0.25, 0.3) is 0 Å². The zero-order valence-electron chi connectivity index (χ0n) is 15.0. The fourth-order valence-electron chi connectivity index (χ4n) is 3.24. The lowest BCUT2D eigenvalue weighted by Gasteiger charge is -2.26. The molecular weight excluding hydrogens is 334 g/mol. The summed E-state index contributed by atoms with van der Waals surface area (Å²) in [6, 6.07) is 14.1. The lowest BCUT2D eigenvalue weighted by molar-refractivity contribution is -0.118. The van der Waals surface area contributed by atoms with Crippen LogP contribution in [0.1, 0.15) is 19.4 Å². The second-order valence-corrected chi connectivity index (χ2v) is 7.58. The zero-order valence-corrected chi connectivity index (χ0v) is 15.8. The van der Waals surface area contributed by atoms with Crippen LogP contribution in [-0.4, -0.2) is 31.4 Å². The van der Waals surface area contributed by atoms with Gasteiger partial charge in [0, 0.05) is 16.6 Å². The summed E-state index contributed by atoms with van der Waals surface area (Å²) in [6.07, 6.45) is 0.912. The average molecular weight is 357 g/mol. The summed E-state index contributed by atoms with van der Waals surface area (Å²) in [4.78, 5) is 16.0. The van der Waals surface area contributed by atoms with E-state index in [0.29, 0.717) is 11.5 Å². The molecule has 2 aromatic rings. The minimum Gasteiger partial charge on any atom is -0.493 e. The fourth-order valence-corrected chi connectivity index (χ4v) is 4.19. The molecule has 5 heteroatoms. The van der Waals surface area contributed by atoms with E-state index in [-0.39, 0.29) is 17.2 Å². The van der Waals surface area contributed by atoms with E-state index < -0.39 is 0 Å². The van der Waals surface area contributed by atoms with Gasteiger partial charge in [0.2, 0.25) is 5.91 Å². The molecule has 0 N–H and O–H groups in total. The number of hydrogen-bond acceptors (Lipinski definition) is 4. The first-order valence-corrected chi connectivity index (χ1v) is 9.22. The van der Waals surface area contributed by atoms with Gasteiger partial charge in [-0.3, -0.25) is 4.79 Å². The van der Waals surface area contributed by atoms with Crippen molar-refractivity contribution >= 4 is 23.4 Å². The molecule has 0 radical (unpaired) electrons. The van der Waals surface area contributed by atoms with E-state index in [1.54, 1.807) is 14.2 Å². The Hall–Kier alpha value is -2.14. The molecule has 2 atom stereocenters. The van der Waals surface area contributed by atoms with Gasteiger partial charge in [0.1, 0.15) is 0 Å². The van der Waals surface area contributed by atoms with E-state index >= 15 is 0 Å². The first kappa shape index (κ1) is 17.7. The van der Waals surface area contributed by atoms with E-state index in [1.165, 1.54) is 17.3 Å². The van der Waals surface area contributed by atoms with Gasteiger partial charge in [-0.05, 0) is 50.1 Å². The summed E-state index contributed by atoms with van der Waals surface area (Å²) in [5.41, 5.74) is 2.28. The summed E-state index contributed by atoms with van der Waals surface area (Å²) in [5, 5.41) is -0.188. The number of nitrogens with zero attached hydrogens (tertiary/aromatic N) is 1. The average Bonchev–Trinajstić information content (AvgIpc) is 2.96. The van der Waals surface area contributed by atoms with Crippen LogP contribution in [0.5, 0.6) is 11.5 Å². The molecule has 2 aromatic carbocycles. The highest BCUT2D eigenvalue weighted by atomic mass is 32.2. The molecule has 25 heavy (non-hydrogen) atoms. The standard InChI is InChI=1S/C20H23NO3S/c1-13-11-15-7-5-6-8-17(15)21(13)20(22)14(2)25-16-9-10-18(23-3)19(12-16)24-4/h5-10,12-14H,11H2,1-4H3/t13-,14-/m1/s1. The molecule has 3 rings (SSSR count). The molecule has 0 bridgehead atoms. The number of anilines is 1. The Kier molecular flexibility index (Phi) is 5.23. The Morgan fingerprint density at radius 3 is 2.60 bits per heavy atom. The topological polar surface area (TPSA) is 38.8 Å². The molecule has 0 unspecified atom stereocenters. The number of methoxy groups -OCH3 is 2. The van der Waals surface area contributed by atoms with Crippen LogP contribution in [0.3, 0.4) is 0 Å². The van der Waals surface area contributed by atoms with Gasteiger partial charge < -0.3 is 14.4 Å². The van der Waals surface area contributed by atoms with E-state index in [2.05, 4.69) is 13.0 Å².